The van der Waals surface area contributed by atoms with E-state index < -0.39 is 17.3 Å². The van der Waals surface area contributed by atoms with Crippen molar-refractivity contribution < 1.29 is 28.5 Å². The van der Waals surface area contributed by atoms with Crippen LogP contribution in [0.5, 0.6) is 5.75 Å². The topological polar surface area (TPSA) is 149 Å². The number of methoxy groups -OCH3 is 1. The van der Waals surface area contributed by atoms with Crippen LogP contribution in [0.1, 0.15) is 60.4 Å². The number of ether oxygens (including phenoxy) is 4. The van der Waals surface area contributed by atoms with Crippen LogP contribution in [-0.4, -0.2) is 106 Å². The van der Waals surface area contributed by atoms with Gasteiger partial charge >= 0.3 is 12.2 Å². The molecule has 0 bridgehead atoms. The molecule has 2 fully saturated rings. The second-order valence-electron chi connectivity index (χ2n) is 15.0. The number of fused-ring (bicyclic) bond motifs is 1. The standard InChI is InChI=1S/C37H49N9O6/c1-36(2,3)51-34(47)39-33-32-29(22-28(40-41-32)27-10-8-9-11-30(27)50-24-49-7)46(42-33)25-14-16-44(17-15-25)31-13-12-26(23-38-31)43-18-20-45(21-19-43)35(48)52-37(4,5)6/h8-13,22-23,25H,14-21,24H2,1-7H3,(H,39,42,47). The molecule has 2 aliphatic rings. The summed E-state index contributed by atoms with van der Waals surface area (Å²) in [4.78, 5) is 36.4. The third kappa shape index (κ3) is 8.81. The second-order valence-corrected chi connectivity index (χ2v) is 15.0. The van der Waals surface area contributed by atoms with Gasteiger partial charge in [0.05, 0.1) is 29.1 Å². The van der Waals surface area contributed by atoms with Gasteiger partial charge in [-0.05, 0) is 84.7 Å². The zero-order valence-electron chi connectivity index (χ0n) is 31.1. The molecule has 2 amide bonds. The van der Waals surface area contributed by atoms with Crippen molar-refractivity contribution in [1.82, 2.24) is 29.9 Å². The molecule has 15 heteroatoms. The van der Waals surface area contributed by atoms with Crippen molar-refractivity contribution in [2.24, 2.45) is 0 Å². The fourth-order valence-corrected chi connectivity index (χ4v) is 6.32. The van der Waals surface area contributed by atoms with E-state index in [1.165, 1.54) is 0 Å². The largest absolute Gasteiger partial charge is 0.467 e. The first kappa shape index (κ1) is 36.6. The summed E-state index contributed by atoms with van der Waals surface area (Å²) in [5.74, 6) is 1.82. The van der Waals surface area contributed by atoms with Crippen molar-refractivity contribution in [3.8, 4) is 17.0 Å². The van der Waals surface area contributed by atoms with Gasteiger partial charge in [-0.2, -0.15) is 5.10 Å². The number of aromatic nitrogens is 5. The number of nitrogens with one attached hydrogen (secondary N) is 1. The zero-order chi connectivity index (χ0) is 37.0. The lowest BCUT2D eigenvalue weighted by Crippen LogP contribution is -2.50. The fraction of sp³-hybridized carbons (Fsp3) is 0.514. The number of piperidine rings is 1. The number of nitrogens with zero attached hydrogens (tertiary/aromatic N) is 8. The van der Waals surface area contributed by atoms with E-state index >= 15 is 0 Å². The number of benzene rings is 1. The third-order valence-corrected chi connectivity index (χ3v) is 8.73. The number of anilines is 3. The van der Waals surface area contributed by atoms with Crippen LogP contribution < -0.4 is 19.9 Å². The lowest BCUT2D eigenvalue weighted by Gasteiger charge is -2.37. The monoisotopic (exact) mass is 715 g/mol. The molecule has 4 aromatic rings. The van der Waals surface area contributed by atoms with Crippen LogP contribution in [0.2, 0.25) is 0 Å². The van der Waals surface area contributed by atoms with E-state index in [9.17, 15) is 9.59 Å². The molecule has 5 heterocycles. The quantitative estimate of drug-likeness (QED) is 0.210. The number of hydrogen-bond acceptors (Lipinski definition) is 12. The van der Waals surface area contributed by atoms with Crippen LogP contribution in [0.3, 0.4) is 0 Å². The average molecular weight is 716 g/mol. The van der Waals surface area contributed by atoms with Gasteiger partial charge in [0, 0.05) is 51.9 Å². The Bertz CT molecular complexity index is 1850. The second kappa shape index (κ2) is 15.2. The SMILES string of the molecule is COCOc1ccccc1-c1cc2c(nn1)c(NC(=O)OC(C)(C)C)nn2C1CCN(c2ccc(N3CCN(C(=O)OC(C)(C)C)CC3)cn2)CC1. The van der Waals surface area contributed by atoms with Crippen molar-refractivity contribution in [3.05, 3.63) is 48.7 Å². The number of carbonyl (C=O) groups excluding carboxylic acids is 2. The molecule has 52 heavy (non-hydrogen) atoms. The Morgan fingerprint density at radius 1 is 0.865 bits per heavy atom. The van der Waals surface area contributed by atoms with Crippen molar-refractivity contribution >= 4 is 40.5 Å². The number of amides is 2. The van der Waals surface area contributed by atoms with Gasteiger partial charge in [-0.15, -0.1) is 10.2 Å². The highest BCUT2D eigenvalue weighted by atomic mass is 16.7. The van der Waals surface area contributed by atoms with E-state index in [0.717, 1.165) is 48.5 Å². The Balaban J connectivity index is 1.16. The number of rotatable bonds is 8. The normalized spacial score (nSPS) is 15.9. The molecule has 0 radical (unpaired) electrons. The molecule has 1 aromatic carbocycles. The van der Waals surface area contributed by atoms with Gasteiger partial charge in [-0.3, -0.25) is 10.00 Å². The fourth-order valence-electron chi connectivity index (χ4n) is 6.32. The van der Waals surface area contributed by atoms with Crippen LogP contribution in [-0.2, 0) is 14.2 Å². The van der Waals surface area contributed by atoms with Crippen molar-refractivity contribution in [2.45, 2.75) is 71.6 Å². The van der Waals surface area contributed by atoms with Crippen molar-refractivity contribution in [3.63, 3.8) is 0 Å². The Morgan fingerprint density at radius 2 is 1.58 bits per heavy atom. The molecule has 3 aromatic heterocycles. The summed E-state index contributed by atoms with van der Waals surface area (Å²) in [6.45, 7) is 15.3. The van der Waals surface area contributed by atoms with Gasteiger partial charge in [0.15, 0.2) is 18.1 Å². The summed E-state index contributed by atoms with van der Waals surface area (Å²) in [5.41, 5.74) is 2.42. The Kier molecular flexibility index (Phi) is 10.7. The minimum Gasteiger partial charge on any atom is -0.467 e. The smallest absolute Gasteiger partial charge is 0.413 e. The number of para-hydroxylation sites is 1. The van der Waals surface area contributed by atoms with Gasteiger partial charge in [-0.1, -0.05) is 12.1 Å². The Labute approximate surface area is 304 Å². The summed E-state index contributed by atoms with van der Waals surface area (Å²) < 4.78 is 23.9. The lowest BCUT2D eigenvalue weighted by molar-refractivity contribution is 0.0240. The van der Waals surface area contributed by atoms with Crippen LogP contribution in [0.4, 0.5) is 26.9 Å². The average Bonchev–Trinajstić information content (AvgIpc) is 3.46. The summed E-state index contributed by atoms with van der Waals surface area (Å²) in [5, 5.41) is 16.7. The Hall–Kier alpha value is -5.18. The van der Waals surface area contributed by atoms with Gasteiger partial charge in [0.1, 0.15) is 22.8 Å². The van der Waals surface area contributed by atoms with E-state index in [0.29, 0.717) is 49.0 Å². The van der Waals surface area contributed by atoms with E-state index in [4.69, 9.17) is 29.0 Å². The number of piperazine rings is 1. The number of pyridine rings is 1. The first-order chi connectivity index (χ1) is 24.8. The first-order valence-corrected chi connectivity index (χ1v) is 17.7. The highest BCUT2D eigenvalue weighted by molar-refractivity contribution is 5.96. The lowest BCUT2D eigenvalue weighted by atomic mass is 10.0. The minimum absolute atomic E-state index is 0.0329. The summed E-state index contributed by atoms with van der Waals surface area (Å²) in [6.07, 6.45) is 2.62. The van der Waals surface area contributed by atoms with Crippen molar-refractivity contribution in [1.29, 1.82) is 0 Å². The van der Waals surface area contributed by atoms with Gasteiger partial charge < -0.3 is 33.6 Å². The summed E-state index contributed by atoms with van der Waals surface area (Å²) >= 11 is 0. The predicted molar refractivity (Wildman–Crippen MR) is 198 cm³/mol. The molecule has 2 aliphatic heterocycles. The number of carbonyl (C=O) groups is 2. The Morgan fingerprint density at radius 3 is 2.23 bits per heavy atom. The third-order valence-electron chi connectivity index (χ3n) is 8.73. The summed E-state index contributed by atoms with van der Waals surface area (Å²) in [7, 11) is 1.57. The van der Waals surface area contributed by atoms with E-state index in [1.807, 2.05) is 82.8 Å². The molecule has 2 saturated heterocycles. The van der Waals surface area contributed by atoms with E-state index in [1.54, 1.807) is 12.0 Å². The van der Waals surface area contributed by atoms with Crippen LogP contribution in [0.25, 0.3) is 22.3 Å². The molecule has 0 spiro atoms. The van der Waals surface area contributed by atoms with Gasteiger partial charge in [-0.25, -0.2) is 14.6 Å². The molecule has 0 unspecified atom stereocenters. The van der Waals surface area contributed by atoms with E-state index in [2.05, 4.69) is 37.4 Å². The van der Waals surface area contributed by atoms with Crippen LogP contribution in [0, 0.1) is 0 Å². The van der Waals surface area contributed by atoms with Gasteiger partial charge in [0.25, 0.3) is 0 Å². The zero-order valence-corrected chi connectivity index (χ0v) is 31.1. The molecule has 0 atom stereocenters. The molecule has 6 rings (SSSR count). The van der Waals surface area contributed by atoms with Gasteiger partial charge in [0.2, 0.25) is 0 Å². The molecular weight excluding hydrogens is 666 g/mol. The maximum atomic E-state index is 12.8. The number of hydrogen-bond donors (Lipinski definition) is 1. The summed E-state index contributed by atoms with van der Waals surface area (Å²) in [6, 6.07) is 13.7. The van der Waals surface area contributed by atoms with Crippen LogP contribution in [0.15, 0.2) is 48.7 Å². The van der Waals surface area contributed by atoms with Crippen molar-refractivity contribution in [2.75, 3.05) is 68.3 Å². The maximum Gasteiger partial charge on any atom is 0.413 e. The first-order valence-electron chi connectivity index (χ1n) is 17.7. The predicted octanol–water partition coefficient (Wildman–Crippen LogP) is 6.12. The molecule has 1 N–H and O–H groups in total. The molecule has 0 saturated carbocycles. The molecular formula is C37H49N9O6. The molecule has 15 nitrogen and oxygen atoms in total. The molecule has 0 aliphatic carbocycles. The maximum absolute atomic E-state index is 12.8. The highest BCUT2D eigenvalue weighted by Gasteiger charge is 2.29. The highest BCUT2D eigenvalue weighted by Crippen LogP contribution is 2.35. The minimum atomic E-state index is -0.678. The van der Waals surface area contributed by atoms with E-state index in [-0.39, 0.29) is 18.9 Å². The molecule has 278 valence electrons. The van der Waals surface area contributed by atoms with Crippen LogP contribution >= 0.6 is 0 Å².